The summed E-state index contributed by atoms with van der Waals surface area (Å²) in [6, 6.07) is 31.5. The van der Waals surface area contributed by atoms with Crippen molar-refractivity contribution >= 4 is 17.3 Å². The van der Waals surface area contributed by atoms with Gasteiger partial charge in [-0.2, -0.15) is 0 Å². The molecule has 0 spiro atoms. The third-order valence-electron chi connectivity index (χ3n) is 12.2. The number of rotatable bonds is 29. The quantitative estimate of drug-likeness (QED) is 0.0234. The number of ether oxygens (including phenoxy) is 4. The summed E-state index contributed by atoms with van der Waals surface area (Å²) in [7, 11) is 3.28. The molecule has 6 heteroatoms. The van der Waals surface area contributed by atoms with Crippen molar-refractivity contribution in [3.63, 3.8) is 0 Å². The van der Waals surface area contributed by atoms with E-state index in [-0.39, 0.29) is 28.5 Å². The lowest BCUT2D eigenvalue weighted by Gasteiger charge is -2.20. The molecule has 0 bridgehead atoms. The fraction of sp³-hybridized carbons (Fsp3) is 0.533. The molecule has 4 rings (SSSR count). The third kappa shape index (κ3) is 21.3. The number of methoxy groups -OCH3 is 2. The van der Waals surface area contributed by atoms with Crippen LogP contribution in [0.25, 0.3) is 5.76 Å². The molecule has 6 nitrogen and oxygen atoms in total. The zero-order chi connectivity index (χ0) is 48.2. The number of hydrogen-bond acceptors (Lipinski definition) is 6. The fourth-order valence-corrected chi connectivity index (χ4v) is 7.71. The van der Waals surface area contributed by atoms with Crippen molar-refractivity contribution in [1.82, 2.24) is 0 Å². The molecule has 0 N–H and O–H groups in total. The topological polar surface area (TPSA) is 71.1 Å². The largest absolute Gasteiger partial charge is 0.497 e. The summed E-state index contributed by atoms with van der Waals surface area (Å²) in [5.41, 5.74) is 5.98. The monoisotopic (exact) mass is 903 g/mol. The molecule has 4 aromatic carbocycles. The van der Waals surface area contributed by atoms with E-state index < -0.39 is 0 Å². The fourth-order valence-electron chi connectivity index (χ4n) is 7.71. The zero-order valence-corrected chi connectivity index (χ0v) is 42.8. The van der Waals surface area contributed by atoms with Gasteiger partial charge in [-0.15, -0.1) is 0 Å². The molecule has 4 aromatic rings. The van der Waals surface area contributed by atoms with Gasteiger partial charge >= 0.3 is 0 Å². The van der Waals surface area contributed by atoms with Crippen molar-refractivity contribution in [2.24, 2.45) is 0 Å². The Kier molecular flexibility index (Phi) is 25.8. The molecule has 66 heavy (non-hydrogen) atoms. The number of Topliss-reactive ketones (excluding diaryl/α,β-unsaturated/α-hetero) is 1. The predicted molar refractivity (Wildman–Crippen MR) is 277 cm³/mol. The van der Waals surface area contributed by atoms with Gasteiger partial charge < -0.3 is 18.9 Å². The van der Waals surface area contributed by atoms with Crippen molar-refractivity contribution in [3.8, 4) is 11.5 Å². The van der Waals surface area contributed by atoms with Gasteiger partial charge in [0.25, 0.3) is 0 Å². The van der Waals surface area contributed by atoms with E-state index in [0.717, 1.165) is 47.5 Å². The number of carbonyl (C=O) groups is 2. The third-order valence-corrected chi connectivity index (χ3v) is 12.2. The molecular weight excluding hydrogens is 817 g/mol. The minimum atomic E-state index is -0.241. The van der Waals surface area contributed by atoms with Crippen LogP contribution in [0.5, 0.6) is 11.5 Å². The molecule has 0 radical (unpaired) electrons. The van der Waals surface area contributed by atoms with Gasteiger partial charge in [-0.1, -0.05) is 206 Å². The van der Waals surface area contributed by atoms with E-state index in [4.69, 9.17) is 18.9 Å². The van der Waals surface area contributed by atoms with Gasteiger partial charge in [0.1, 0.15) is 17.3 Å². The molecule has 0 aliphatic rings. The van der Waals surface area contributed by atoms with E-state index in [1.54, 1.807) is 44.6 Å². The van der Waals surface area contributed by atoms with Crippen LogP contribution in [-0.4, -0.2) is 39.0 Å². The first-order valence-electron chi connectivity index (χ1n) is 25.2. The van der Waals surface area contributed by atoms with Crippen LogP contribution >= 0.6 is 0 Å². The van der Waals surface area contributed by atoms with E-state index in [9.17, 15) is 9.59 Å². The molecule has 0 amide bonds. The first kappa shape index (κ1) is 55.6. The standard InChI is InChI=1S/C30H42O3.C30H44O3/c1-6-7-8-9-10-11-12-13-22-33-29(25-14-18-26(19-15-25)30(2,3)4)23-28(31)24-16-20-27(32-5)21-17-24;1-6-7-8-9-10-11-12-13-22-33-29(25-16-20-27(32-5)21-17-25)23-28(31)24-14-18-26(19-15-24)30(2,3)4/h14-21,23H,6-13,22H2,1-5H3;14-21,29H,6-13,22-23H2,1-5H3/b29-23-;. The van der Waals surface area contributed by atoms with Gasteiger partial charge in [0, 0.05) is 35.8 Å². The predicted octanol–water partition coefficient (Wildman–Crippen LogP) is 16.8. The lowest BCUT2D eigenvalue weighted by Crippen LogP contribution is -2.13. The Labute approximate surface area is 401 Å². The van der Waals surface area contributed by atoms with E-state index in [1.165, 1.54) is 94.6 Å². The van der Waals surface area contributed by atoms with E-state index in [1.807, 2.05) is 36.4 Å². The molecule has 0 saturated heterocycles. The maximum atomic E-state index is 13.1. The highest BCUT2D eigenvalue weighted by atomic mass is 16.5. The highest BCUT2D eigenvalue weighted by Crippen LogP contribution is 2.29. The minimum Gasteiger partial charge on any atom is -0.497 e. The Morgan fingerprint density at radius 3 is 1.32 bits per heavy atom. The first-order chi connectivity index (χ1) is 31.7. The molecule has 1 atom stereocenters. The lowest BCUT2D eigenvalue weighted by molar-refractivity contribution is 0.0412. The number of allylic oxidation sites excluding steroid dienone is 1. The van der Waals surface area contributed by atoms with Gasteiger partial charge in [-0.25, -0.2) is 0 Å². The Bertz CT molecular complexity index is 1940. The molecular formula is C60H86O6. The summed E-state index contributed by atoms with van der Waals surface area (Å²) >= 11 is 0. The highest BCUT2D eigenvalue weighted by Gasteiger charge is 2.20. The Balaban J connectivity index is 0.000000350. The van der Waals surface area contributed by atoms with Crippen LogP contribution in [0.1, 0.15) is 214 Å². The van der Waals surface area contributed by atoms with Crippen LogP contribution in [0, 0.1) is 0 Å². The van der Waals surface area contributed by atoms with Crippen LogP contribution in [0.3, 0.4) is 0 Å². The Hall–Kier alpha value is -4.68. The Morgan fingerprint density at radius 1 is 0.485 bits per heavy atom. The maximum Gasteiger partial charge on any atom is 0.189 e. The van der Waals surface area contributed by atoms with Gasteiger partial charge in [-0.3, -0.25) is 9.59 Å². The number of hydrogen-bond donors (Lipinski definition) is 0. The van der Waals surface area contributed by atoms with Crippen LogP contribution in [-0.2, 0) is 20.3 Å². The highest BCUT2D eigenvalue weighted by molar-refractivity contribution is 6.08. The molecule has 0 aliphatic heterocycles. The summed E-state index contributed by atoms with van der Waals surface area (Å²) in [6.45, 7) is 19.0. The van der Waals surface area contributed by atoms with Crippen LogP contribution in [0.2, 0.25) is 0 Å². The smallest absolute Gasteiger partial charge is 0.189 e. The van der Waals surface area contributed by atoms with Gasteiger partial charge in [-0.05, 0) is 76.8 Å². The van der Waals surface area contributed by atoms with Crippen molar-refractivity contribution in [2.45, 2.75) is 181 Å². The molecule has 0 heterocycles. The summed E-state index contributed by atoms with van der Waals surface area (Å²) in [5, 5.41) is 0. The van der Waals surface area contributed by atoms with Crippen LogP contribution in [0.15, 0.2) is 103 Å². The number of ketones is 2. The second-order valence-corrected chi connectivity index (χ2v) is 19.8. The first-order valence-corrected chi connectivity index (χ1v) is 25.2. The van der Waals surface area contributed by atoms with Crippen LogP contribution in [0.4, 0.5) is 0 Å². The average Bonchev–Trinajstić information content (AvgIpc) is 3.32. The number of unbranched alkanes of at least 4 members (excludes halogenated alkanes) is 14. The maximum absolute atomic E-state index is 13.1. The molecule has 0 saturated carbocycles. The van der Waals surface area contributed by atoms with Crippen molar-refractivity contribution < 1.29 is 28.5 Å². The number of benzene rings is 4. The van der Waals surface area contributed by atoms with E-state index in [2.05, 4.69) is 91.8 Å². The summed E-state index contributed by atoms with van der Waals surface area (Å²) in [4.78, 5) is 26.0. The molecule has 1 unspecified atom stereocenters. The normalized spacial score (nSPS) is 12.2. The Morgan fingerprint density at radius 2 is 0.879 bits per heavy atom. The summed E-state index contributed by atoms with van der Waals surface area (Å²) in [6.07, 6.45) is 21.9. The molecule has 362 valence electrons. The molecule has 0 aromatic heterocycles. The second kappa shape index (κ2) is 30.6. The van der Waals surface area contributed by atoms with Crippen molar-refractivity contribution in [2.75, 3.05) is 27.4 Å². The second-order valence-electron chi connectivity index (χ2n) is 19.8. The summed E-state index contributed by atoms with van der Waals surface area (Å²) < 4.78 is 22.9. The average molecular weight is 903 g/mol. The summed E-state index contributed by atoms with van der Waals surface area (Å²) in [5.74, 6) is 2.24. The van der Waals surface area contributed by atoms with Crippen molar-refractivity contribution in [1.29, 1.82) is 0 Å². The molecule has 0 fully saturated rings. The number of carbonyl (C=O) groups excluding carboxylic acids is 2. The van der Waals surface area contributed by atoms with E-state index >= 15 is 0 Å². The van der Waals surface area contributed by atoms with Gasteiger partial charge in [0.05, 0.1) is 26.9 Å². The lowest BCUT2D eigenvalue weighted by atomic mass is 9.86. The van der Waals surface area contributed by atoms with Crippen molar-refractivity contribution in [3.05, 3.63) is 137 Å². The zero-order valence-electron chi connectivity index (χ0n) is 42.8. The van der Waals surface area contributed by atoms with Crippen LogP contribution < -0.4 is 9.47 Å². The molecule has 0 aliphatic carbocycles. The van der Waals surface area contributed by atoms with Gasteiger partial charge in [0.2, 0.25) is 0 Å². The SMILES string of the molecule is CCCCCCCCCCO/C(=C\C(=O)c1ccc(OC)cc1)c1ccc(C(C)(C)C)cc1.CCCCCCCCCCOC(CC(=O)c1ccc(C(C)(C)C)cc1)c1ccc(OC)cc1. The van der Waals surface area contributed by atoms with Gasteiger partial charge in [0.15, 0.2) is 11.6 Å². The minimum absolute atomic E-state index is 0.0662. The van der Waals surface area contributed by atoms with E-state index in [0.29, 0.717) is 31.0 Å².